The number of ether oxygens (including phenoxy) is 1. The van der Waals surface area contributed by atoms with Crippen molar-refractivity contribution in [1.29, 1.82) is 0 Å². The van der Waals surface area contributed by atoms with Crippen molar-refractivity contribution in [2.45, 2.75) is 116 Å². The lowest BCUT2D eigenvalue weighted by Gasteiger charge is -2.28. The van der Waals surface area contributed by atoms with E-state index in [-0.39, 0.29) is 37.4 Å². The highest BCUT2D eigenvalue weighted by molar-refractivity contribution is 6.00. The number of nitrogens with zero attached hydrogens (tertiary/aromatic N) is 1. The Morgan fingerprint density at radius 3 is 2.04 bits per heavy atom. The highest BCUT2D eigenvalue weighted by Gasteiger charge is 2.36. The first-order valence-corrected chi connectivity index (χ1v) is 21.7. The van der Waals surface area contributed by atoms with Gasteiger partial charge in [0.2, 0.25) is 35.4 Å². The third kappa shape index (κ3) is 19.1. The van der Waals surface area contributed by atoms with Crippen molar-refractivity contribution in [3.05, 3.63) is 72.0 Å². The standard InChI is InChI=1S/C45H66N10O12/c1-23(21-24(2)34(67-8)22-30-13-10-9-11-14-30)16-17-31-25(3)37(57)54-33(43(63)64)18-19-35(56)49-27(5)39(59)50-28(6)40(60)51-29(7)41(61)55-36(44(65)66)26(4)38(58)53-32(42(62)52-31)15-12-20-48-45(46)47/h9-11,13-14,16-17,21,24-26,28-29,31-34,36H,5,12,15,18-20,22H2,1-4,6-8H3,(H,49,56)(H,50,59)(H,51,60)(H,52,62)(H,53,58)(H,54,57)(H,55,61)(H,63,64)(H,65,66)(H4,46,47,48)/b17-16+,23-21+/t24-,25-,26-,28+,29-,31?,32?,33+,34-,36?/m0/s1. The van der Waals surface area contributed by atoms with Crippen LogP contribution in [0.15, 0.2) is 71.4 Å². The van der Waals surface area contributed by atoms with Crippen LogP contribution in [0, 0.1) is 17.8 Å². The zero-order valence-corrected chi connectivity index (χ0v) is 38.9. The van der Waals surface area contributed by atoms with Crippen LogP contribution in [0.25, 0.3) is 0 Å². The molecule has 67 heavy (non-hydrogen) atoms. The molecule has 0 aliphatic carbocycles. The summed E-state index contributed by atoms with van der Waals surface area (Å²) >= 11 is 0. The molecule has 1 aromatic rings. The molecule has 10 atom stereocenters. The Morgan fingerprint density at radius 2 is 1.45 bits per heavy atom. The summed E-state index contributed by atoms with van der Waals surface area (Å²) in [7, 11) is 1.61. The van der Waals surface area contributed by atoms with Gasteiger partial charge in [-0.05, 0) is 52.0 Å². The van der Waals surface area contributed by atoms with E-state index in [4.69, 9.17) is 16.2 Å². The van der Waals surface area contributed by atoms with E-state index in [0.717, 1.165) is 5.56 Å². The van der Waals surface area contributed by atoms with E-state index in [1.165, 1.54) is 33.8 Å². The summed E-state index contributed by atoms with van der Waals surface area (Å²) in [6.45, 7) is 12.4. The van der Waals surface area contributed by atoms with E-state index in [9.17, 15) is 53.4 Å². The molecular formula is C45H66N10O12. The SMILES string of the molecule is C=C1NC(=O)CC[C@H](C(=O)O)NC(=O)[C@@H](C)C(/C=C/C(C)=C/[C@H](C)[C@H](Cc2ccccc2)OC)NC(=O)C(CCCN=C(N)N)NC(=O)[C@@H](C)C(C(=O)O)NC(=O)[C@H](C)NC(=O)[C@@H](C)NC1=O. The lowest BCUT2D eigenvalue weighted by Crippen LogP contribution is -2.58. The maximum Gasteiger partial charge on any atom is 0.327 e. The topological polar surface area (TPSA) is 352 Å². The molecule has 0 bridgehead atoms. The number of hydrogen-bond donors (Lipinski definition) is 11. The van der Waals surface area contributed by atoms with E-state index >= 15 is 0 Å². The molecule has 1 aliphatic heterocycles. The molecule has 1 aliphatic rings. The van der Waals surface area contributed by atoms with Crippen LogP contribution in [0.3, 0.4) is 0 Å². The lowest BCUT2D eigenvalue weighted by atomic mass is 9.94. The maximum absolute atomic E-state index is 14.2. The number of methoxy groups -OCH3 is 1. The van der Waals surface area contributed by atoms with Gasteiger partial charge in [-0.3, -0.25) is 38.6 Å². The summed E-state index contributed by atoms with van der Waals surface area (Å²) in [5.41, 5.74) is 12.2. The van der Waals surface area contributed by atoms with Crippen molar-refractivity contribution in [1.82, 2.24) is 37.2 Å². The first-order valence-electron chi connectivity index (χ1n) is 21.7. The Bertz CT molecular complexity index is 2060. The summed E-state index contributed by atoms with van der Waals surface area (Å²) in [5, 5.41) is 36.9. The van der Waals surface area contributed by atoms with Crippen LogP contribution in [0.1, 0.15) is 72.8 Å². The molecule has 3 unspecified atom stereocenters. The number of amides is 7. The first kappa shape index (κ1) is 56.0. The summed E-state index contributed by atoms with van der Waals surface area (Å²) in [6.07, 6.45) is 4.57. The molecule has 0 saturated carbocycles. The second kappa shape index (κ2) is 27.4. The van der Waals surface area contributed by atoms with E-state index in [1.807, 2.05) is 43.3 Å². The van der Waals surface area contributed by atoms with Gasteiger partial charge in [0.15, 0.2) is 5.96 Å². The fourth-order valence-corrected chi connectivity index (χ4v) is 6.71. The maximum atomic E-state index is 14.2. The minimum absolute atomic E-state index is 0.0248. The average Bonchev–Trinajstić information content (AvgIpc) is 3.26. The van der Waals surface area contributed by atoms with Crippen LogP contribution < -0.4 is 48.7 Å². The number of carbonyl (C=O) groups is 9. The zero-order chi connectivity index (χ0) is 50.5. The third-order valence-corrected chi connectivity index (χ3v) is 10.9. The number of allylic oxidation sites excluding steroid dienone is 2. The van der Waals surface area contributed by atoms with E-state index < -0.39 is 120 Å². The number of aliphatic carboxylic acids is 2. The molecule has 13 N–H and O–H groups in total. The van der Waals surface area contributed by atoms with Crippen LogP contribution in [0.5, 0.6) is 0 Å². The summed E-state index contributed by atoms with van der Waals surface area (Å²) in [4.78, 5) is 122. The molecule has 0 spiro atoms. The van der Waals surface area contributed by atoms with Gasteiger partial charge >= 0.3 is 11.9 Å². The van der Waals surface area contributed by atoms with Crippen LogP contribution >= 0.6 is 0 Å². The monoisotopic (exact) mass is 938 g/mol. The number of aliphatic imine (C=N–C) groups is 1. The Balaban J connectivity index is 2.65. The number of hydrogen-bond acceptors (Lipinski definition) is 11. The number of rotatable bonds is 13. The van der Waals surface area contributed by atoms with Crippen LogP contribution in [0.4, 0.5) is 0 Å². The smallest absolute Gasteiger partial charge is 0.327 e. The van der Waals surface area contributed by atoms with E-state index in [2.05, 4.69) is 48.8 Å². The molecule has 7 amide bonds. The highest BCUT2D eigenvalue weighted by Crippen LogP contribution is 2.18. The predicted octanol–water partition coefficient (Wildman–Crippen LogP) is -0.750. The number of carboxylic acids is 2. The van der Waals surface area contributed by atoms with Crippen molar-refractivity contribution in [2.24, 2.45) is 34.2 Å². The number of guanidine groups is 1. The molecule has 2 rings (SSSR count). The van der Waals surface area contributed by atoms with Crippen molar-refractivity contribution in [3.63, 3.8) is 0 Å². The fourth-order valence-electron chi connectivity index (χ4n) is 6.71. The van der Waals surface area contributed by atoms with Gasteiger partial charge in [-0.2, -0.15) is 0 Å². The average molecular weight is 939 g/mol. The molecule has 22 heteroatoms. The molecule has 1 fully saturated rings. The van der Waals surface area contributed by atoms with Crippen LogP contribution in [-0.4, -0.2) is 125 Å². The molecule has 1 saturated heterocycles. The van der Waals surface area contributed by atoms with Crippen molar-refractivity contribution < 1.29 is 58.1 Å². The minimum atomic E-state index is -1.88. The number of carboxylic acid groups (broad SMARTS) is 2. The Labute approximate surface area is 389 Å². The molecule has 22 nitrogen and oxygen atoms in total. The second-order valence-corrected chi connectivity index (χ2v) is 16.4. The number of nitrogens with two attached hydrogens (primary N) is 2. The van der Waals surface area contributed by atoms with Gasteiger partial charge in [0.05, 0.1) is 29.7 Å². The molecule has 1 aromatic carbocycles. The van der Waals surface area contributed by atoms with Gasteiger partial charge in [-0.1, -0.05) is 81.5 Å². The Kier molecular flexibility index (Phi) is 22.9. The normalized spacial score (nSPS) is 25.9. The van der Waals surface area contributed by atoms with Crippen LogP contribution in [0.2, 0.25) is 0 Å². The third-order valence-electron chi connectivity index (χ3n) is 10.9. The first-order chi connectivity index (χ1) is 31.4. The number of nitrogens with one attached hydrogen (secondary N) is 7. The van der Waals surface area contributed by atoms with Gasteiger partial charge < -0.3 is 63.6 Å². The second-order valence-electron chi connectivity index (χ2n) is 16.4. The number of carbonyl (C=O) groups excluding carboxylic acids is 7. The Hall–Kier alpha value is -7.10. The van der Waals surface area contributed by atoms with E-state index in [1.54, 1.807) is 20.1 Å². The van der Waals surface area contributed by atoms with Crippen molar-refractivity contribution >= 4 is 59.2 Å². The van der Waals surface area contributed by atoms with Gasteiger partial charge in [-0.15, -0.1) is 0 Å². The largest absolute Gasteiger partial charge is 0.480 e. The fraction of sp³-hybridized carbons (Fsp3) is 0.511. The van der Waals surface area contributed by atoms with Gasteiger partial charge in [0, 0.05) is 26.0 Å². The van der Waals surface area contributed by atoms with Crippen LogP contribution in [-0.2, 0) is 54.3 Å². The lowest BCUT2D eigenvalue weighted by molar-refractivity contribution is -0.146. The van der Waals surface area contributed by atoms with Gasteiger partial charge in [0.25, 0.3) is 5.91 Å². The predicted molar refractivity (Wildman–Crippen MR) is 246 cm³/mol. The molecule has 0 radical (unpaired) electrons. The zero-order valence-electron chi connectivity index (χ0n) is 38.9. The Morgan fingerprint density at radius 1 is 0.836 bits per heavy atom. The van der Waals surface area contributed by atoms with Gasteiger partial charge in [0.1, 0.15) is 30.2 Å². The minimum Gasteiger partial charge on any atom is -0.480 e. The summed E-state index contributed by atoms with van der Waals surface area (Å²) in [5.74, 6) is -12.6. The molecular weight excluding hydrogens is 873 g/mol. The van der Waals surface area contributed by atoms with Crippen molar-refractivity contribution in [3.8, 4) is 0 Å². The van der Waals surface area contributed by atoms with E-state index in [0.29, 0.717) is 12.0 Å². The molecule has 368 valence electrons. The van der Waals surface area contributed by atoms with Crippen molar-refractivity contribution in [2.75, 3.05) is 13.7 Å². The molecule has 1 heterocycles. The summed E-state index contributed by atoms with van der Waals surface area (Å²) in [6, 6.07) is 0.962. The quantitative estimate of drug-likeness (QED) is 0.0381. The van der Waals surface area contributed by atoms with Gasteiger partial charge in [-0.25, -0.2) is 9.59 Å². The summed E-state index contributed by atoms with van der Waals surface area (Å²) < 4.78 is 5.79. The molecule has 0 aromatic heterocycles. The number of benzene rings is 1. The highest BCUT2D eigenvalue weighted by atomic mass is 16.5.